The summed E-state index contributed by atoms with van der Waals surface area (Å²) in [6.45, 7) is 0.405. The minimum atomic E-state index is -1.42. The van der Waals surface area contributed by atoms with Crippen molar-refractivity contribution in [3.63, 3.8) is 0 Å². The van der Waals surface area contributed by atoms with E-state index in [1.807, 2.05) is 18.2 Å². The lowest BCUT2D eigenvalue weighted by atomic mass is 9.79. The second-order valence-electron chi connectivity index (χ2n) is 4.84. The number of nitrogens with one attached hydrogen (secondary N) is 1. The molecule has 0 saturated heterocycles. The van der Waals surface area contributed by atoms with Crippen LogP contribution in [0.15, 0.2) is 30.3 Å². The fraction of sp³-hybridized carbons (Fsp3) is 0.429. The molecular weight excluding hydrogens is 230 g/mol. The number of benzene rings is 1. The van der Waals surface area contributed by atoms with E-state index in [-0.39, 0.29) is 5.41 Å². The van der Waals surface area contributed by atoms with Crippen molar-refractivity contribution in [2.24, 2.45) is 0 Å². The minimum Gasteiger partial charge on any atom is -0.474 e. The van der Waals surface area contributed by atoms with Gasteiger partial charge in [-0.25, -0.2) is 4.79 Å². The second kappa shape index (κ2) is 5.21. The fourth-order valence-corrected chi connectivity index (χ4v) is 2.74. The van der Waals surface area contributed by atoms with E-state index in [2.05, 4.69) is 17.4 Å². The minimum absolute atomic E-state index is 0.0909. The van der Waals surface area contributed by atoms with Gasteiger partial charge in [-0.15, -0.1) is 0 Å². The molecule has 4 nitrogen and oxygen atoms in total. The van der Waals surface area contributed by atoms with Crippen molar-refractivity contribution in [3.05, 3.63) is 35.9 Å². The predicted molar refractivity (Wildman–Crippen MR) is 67.2 cm³/mol. The Bertz CT molecular complexity index is 436. The Labute approximate surface area is 106 Å². The van der Waals surface area contributed by atoms with Crippen LogP contribution < -0.4 is 5.32 Å². The maximum Gasteiger partial charge on any atom is 0.394 e. The van der Waals surface area contributed by atoms with Crippen molar-refractivity contribution in [2.45, 2.75) is 31.1 Å². The van der Waals surface area contributed by atoms with Crippen molar-refractivity contribution >= 4 is 11.9 Å². The maximum absolute atomic E-state index is 11.2. The average molecular weight is 247 g/mol. The van der Waals surface area contributed by atoms with Crippen LogP contribution in [-0.2, 0) is 15.0 Å². The molecule has 0 aromatic heterocycles. The van der Waals surface area contributed by atoms with Crippen molar-refractivity contribution in [1.82, 2.24) is 5.32 Å². The molecule has 4 heteroatoms. The van der Waals surface area contributed by atoms with E-state index in [4.69, 9.17) is 5.11 Å². The van der Waals surface area contributed by atoms with Gasteiger partial charge in [-0.3, -0.25) is 4.79 Å². The molecule has 1 saturated carbocycles. The van der Waals surface area contributed by atoms with Gasteiger partial charge in [0.15, 0.2) is 0 Å². The summed E-state index contributed by atoms with van der Waals surface area (Å²) in [5.41, 5.74) is 1.10. The van der Waals surface area contributed by atoms with Gasteiger partial charge in [0.25, 0.3) is 0 Å². The molecule has 0 atom stereocenters. The van der Waals surface area contributed by atoms with Crippen LogP contribution in [0.1, 0.15) is 31.2 Å². The average Bonchev–Trinajstić information content (AvgIpc) is 2.87. The van der Waals surface area contributed by atoms with Gasteiger partial charge in [0.1, 0.15) is 0 Å². The van der Waals surface area contributed by atoms with Crippen molar-refractivity contribution in [3.8, 4) is 0 Å². The van der Waals surface area contributed by atoms with Gasteiger partial charge in [0.2, 0.25) is 0 Å². The normalized spacial score (nSPS) is 17.3. The molecule has 0 bridgehead atoms. The zero-order chi connectivity index (χ0) is 13.0. The molecule has 0 unspecified atom stereocenters. The largest absolute Gasteiger partial charge is 0.474 e. The van der Waals surface area contributed by atoms with Crippen LogP contribution in [0.5, 0.6) is 0 Å². The van der Waals surface area contributed by atoms with Gasteiger partial charge in [0.05, 0.1) is 0 Å². The quantitative estimate of drug-likeness (QED) is 0.799. The topological polar surface area (TPSA) is 66.4 Å². The van der Waals surface area contributed by atoms with Crippen molar-refractivity contribution in [1.29, 1.82) is 0 Å². The molecule has 0 radical (unpaired) electrons. The van der Waals surface area contributed by atoms with Gasteiger partial charge in [-0.05, 0) is 18.4 Å². The monoisotopic (exact) mass is 247 g/mol. The first-order chi connectivity index (χ1) is 8.64. The number of hydrogen-bond donors (Lipinski definition) is 2. The van der Waals surface area contributed by atoms with Crippen LogP contribution in [0, 0.1) is 0 Å². The number of carbonyl (C=O) groups excluding carboxylic acids is 1. The lowest BCUT2D eigenvalue weighted by molar-refractivity contribution is -0.150. The highest BCUT2D eigenvalue weighted by molar-refractivity contribution is 6.31. The number of hydrogen-bond acceptors (Lipinski definition) is 2. The van der Waals surface area contributed by atoms with E-state index in [9.17, 15) is 9.59 Å². The number of aliphatic carboxylic acids is 1. The van der Waals surface area contributed by atoms with Crippen LogP contribution in [0.25, 0.3) is 0 Å². The summed E-state index contributed by atoms with van der Waals surface area (Å²) in [7, 11) is 0. The Morgan fingerprint density at radius 1 is 1.17 bits per heavy atom. The number of carboxylic acid groups (broad SMARTS) is 1. The Morgan fingerprint density at radius 2 is 1.78 bits per heavy atom. The van der Waals surface area contributed by atoms with E-state index < -0.39 is 11.9 Å². The summed E-state index contributed by atoms with van der Waals surface area (Å²) in [6, 6.07) is 10.0. The molecule has 1 fully saturated rings. The number of rotatable bonds is 3. The van der Waals surface area contributed by atoms with Gasteiger partial charge in [0, 0.05) is 12.0 Å². The zero-order valence-corrected chi connectivity index (χ0v) is 10.2. The summed E-state index contributed by atoms with van der Waals surface area (Å²) in [4.78, 5) is 21.7. The van der Waals surface area contributed by atoms with E-state index in [1.165, 1.54) is 5.56 Å². The Balaban J connectivity index is 2.13. The van der Waals surface area contributed by atoms with E-state index in [0.29, 0.717) is 6.54 Å². The highest BCUT2D eigenvalue weighted by atomic mass is 16.4. The van der Waals surface area contributed by atoms with E-state index in [0.717, 1.165) is 25.7 Å². The molecule has 2 N–H and O–H groups in total. The molecule has 0 aliphatic heterocycles. The van der Waals surface area contributed by atoms with Crippen LogP contribution >= 0.6 is 0 Å². The molecule has 1 amide bonds. The predicted octanol–water partition coefficient (Wildman–Crippen LogP) is 1.70. The van der Waals surface area contributed by atoms with Gasteiger partial charge < -0.3 is 10.4 Å². The molecule has 1 aliphatic rings. The van der Waals surface area contributed by atoms with Crippen molar-refractivity contribution < 1.29 is 14.7 Å². The zero-order valence-electron chi connectivity index (χ0n) is 10.2. The molecule has 1 aromatic carbocycles. The summed E-state index contributed by atoms with van der Waals surface area (Å²) in [5, 5.41) is 11.1. The summed E-state index contributed by atoms with van der Waals surface area (Å²) >= 11 is 0. The van der Waals surface area contributed by atoms with Gasteiger partial charge in [-0.1, -0.05) is 43.2 Å². The molecular formula is C14H17NO3. The second-order valence-corrected chi connectivity index (χ2v) is 4.84. The summed E-state index contributed by atoms with van der Waals surface area (Å²) < 4.78 is 0. The van der Waals surface area contributed by atoms with Crippen LogP contribution in [0.2, 0.25) is 0 Å². The van der Waals surface area contributed by atoms with Crippen LogP contribution in [0.3, 0.4) is 0 Å². The van der Waals surface area contributed by atoms with Crippen LogP contribution in [0.4, 0.5) is 0 Å². The highest BCUT2D eigenvalue weighted by Crippen LogP contribution is 2.40. The van der Waals surface area contributed by atoms with E-state index in [1.54, 1.807) is 0 Å². The number of amides is 1. The fourth-order valence-electron chi connectivity index (χ4n) is 2.74. The first-order valence-corrected chi connectivity index (χ1v) is 6.21. The third kappa shape index (κ3) is 2.53. The first kappa shape index (κ1) is 12.6. The molecule has 2 rings (SSSR count). The lowest BCUT2D eigenvalue weighted by Gasteiger charge is -2.29. The third-order valence-corrected chi connectivity index (χ3v) is 3.73. The Hall–Kier alpha value is -1.84. The number of carbonyl (C=O) groups is 2. The highest BCUT2D eigenvalue weighted by Gasteiger charge is 2.36. The van der Waals surface area contributed by atoms with Crippen LogP contribution in [-0.4, -0.2) is 23.5 Å². The lowest BCUT2D eigenvalue weighted by Crippen LogP contribution is -2.41. The molecule has 1 aliphatic carbocycles. The molecule has 18 heavy (non-hydrogen) atoms. The maximum atomic E-state index is 11.2. The molecule has 0 heterocycles. The molecule has 96 valence electrons. The standard InChI is InChI=1S/C14H17NO3/c16-12(13(17)18)15-10-14(8-4-5-9-14)11-6-2-1-3-7-11/h1-3,6-7H,4-5,8-10H2,(H,15,16)(H,17,18). The summed E-state index contributed by atoms with van der Waals surface area (Å²) in [6.07, 6.45) is 4.24. The number of carboxylic acids is 1. The van der Waals surface area contributed by atoms with Gasteiger partial charge in [-0.2, -0.15) is 0 Å². The first-order valence-electron chi connectivity index (χ1n) is 6.21. The van der Waals surface area contributed by atoms with Crippen molar-refractivity contribution in [2.75, 3.05) is 6.54 Å². The summed E-state index contributed by atoms with van der Waals surface area (Å²) in [5.74, 6) is -2.34. The third-order valence-electron chi connectivity index (χ3n) is 3.73. The molecule has 0 spiro atoms. The van der Waals surface area contributed by atoms with Gasteiger partial charge >= 0.3 is 11.9 Å². The molecule has 1 aromatic rings. The Kier molecular flexibility index (Phi) is 3.65. The Morgan fingerprint density at radius 3 is 2.33 bits per heavy atom. The SMILES string of the molecule is O=C(O)C(=O)NCC1(c2ccccc2)CCCC1. The van der Waals surface area contributed by atoms with E-state index >= 15 is 0 Å². The smallest absolute Gasteiger partial charge is 0.394 e.